The first-order valence-corrected chi connectivity index (χ1v) is 6.73. The molecule has 0 atom stereocenters. The highest BCUT2D eigenvalue weighted by atomic mass is 79.9. The van der Waals surface area contributed by atoms with E-state index in [-0.39, 0.29) is 5.91 Å². The van der Waals surface area contributed by atoms with Gasteiger partial charge in [0, 0.05) is 22.0 Å². The van der Waals surface area contributed by atoms with Crippen LogP contribution in [0.4, 0.5) is 17.2 Å². The van der Waals surface area contributed by atoms with Gasteiger partial charge in [-0.25, -0.2) is 4.98 Å². The quantitative estimate of drug-likeness (QED) is 0.892. The van der Waals surface area contributed by atoms with Crippen molar-refractivity contribution in [2.75, 3.05) is 10.6 Å². The van der Waals surface area contributed by atoms with Gasteiger partial charge in [0.15, 0.2) is 0 Å². The standard InChI is InChI=1S/C14H12BrN3O/c1-8-4-10(15)7-16-14(8)17-11-2-3-12-9(5-11)6-13(19)18-12/h2-5,7H,6H2,1H3,(H,16,17)(H,18,19). The van der Waals surface area contributed by atoms with Crippen LogP contribution in [0, 0.1) is 6.92 Å². The fraction of sp³-hybridized carbons (Fsp3) is 0.143. The van der Waals surface area contributed by atoms with Crippen LogP contribution in [0.5, 0.6) is 0 Å². The number of aromatic nitrogens is 1. The molecular formula is C14H12BrN3O. The van der Waals surface area contributed by atoms with Crippen LogP contribution < -0.4 is 10.6 Å². The van der Waals surface area contributed by atoms with Crippen molar-refractivity contribution < 1.29 is 4.79 Å². The summed E-state index contributed by atoms with van der Waals surface area (Å²) in [7, 11) is 0. The SMILES string of the molecule is Cc1cc(Br)cnc1Nc1ccc2c(c1)CC(=O)N2. The average Bonchev–Trinajstić information content (AvgIpc) is 2.72. The van der Waals surface area contributed by atoms with Crippen LogP contribution in [0.3, 0.4) is 0 Å². The van der Waals surface area contributed by atoms with Crippen molar-refractivity contribution in [1.29, 1.82) is 0 Å². The molecular weight excluding hydrogens is 306 g/mol. The number of rotatable bonds is 2. The van der Waals surface area contributed by atoms with E-state index in [2.05, 4.69) is 31.5 Å². The molecule has 0 spiro atoms. The molecule has 0 bridgehead atoms. The summed E-state index contributed by atoms with van der Waals surface area (Å²) < 4.78 is 0.958. The highest BCUT2D eigenvalue weighted by Crippen LogP contribution is 2.28. The van der Waals surface area contributed by atoms with Gasteiger partial charge in [-0.1, -0.05) is 0 Å². The lowest BCUT2D eigenvalue weighted by molar-refractivity contribution is -0.115. The lowest BCUT2D eigenvalue weighted by Gasteiger charge is -2.10. The minimum atomic E-state index is 0.0464. The Bertz CT molecular complexity index is 670. The van der Waals surface area contributed by atoms with Crippen molar-refractivity contribution in [2.24, 2.45) is 0 Å². The lowest BCUT2D eigenvalue weighted by Crippen LogP contribution is -2.03. The second-order valence-corrected chi connectivity index (χ2v) is 5.46. The van der Waals surface area contributed by atoms with Crippen molar-refractivity contribution in [1.82, 2.24) is 4.98 Å². The predicted octanol–water partition coefficient (Wildman–Crippen LogP) is 3.39. The van der Waals surface area contributed by atoms with E-state index in [1.54, 1.807) is 6.20 Å². The molecule has 2 heterocycles. The molecule has 2 aromatic rings. The zero-order valence-corrected chi connectivity index (χ0v) is 11.9. The van der Waals surface area contributed by atoms with Crippen molar-refractivity contribution in [3.05, 3.63) is 46.1 Å². The Morgan fingerprint density at radius 3 is 3.00 bits per heavy atom. The van der Waals surface area contributed by atoms with Gasteiger partial charge in [-0.15, -0.1) is 0 Å². The molecule has 5 heteroatoms. The Kier molecular flexibility index (Phi) is 2.98. The minimum absolute atomic E-state index is 0.0464. The van der Waals surface area contributed by atoms with Gasteiger partial charge in [0.05, 0.1) is 6.42 Å². The summed E-state index contributed by atoms with van der Waals surface area (Å²) in [6.45, 7) is 2.00. The van der Waals surface area contributed by atoms with E-state index in [4.69, 9.17) is 0 Å². The van der Waals surface area contributed by atoms with Crippen molar-refractivity contribution in [3.63, 3.8) is 0 Å². The van der Waals surface area contributed by atoms with Crippen LogP contribution in [0.1, 0.15) is 11.1 Å². The van der Waals surface area contributed by atoms with Crippen LogP contribution >= 0.6 is 15.9 Å². The number of hydrogen-bond donors (Lipinski definition) is 2. The van der Waals surface area contributed by atoms with E-state index >= 15 is 0 Å². The second kappa shape index (κ2) is 4.66. The molecule has 0 aliphatic carbocycles. The first-order valence-electron chi connectivity index (χ1n) is 5.94. The Morgan fingerprint density at radius 2 is 2.21 bits per heavy atom. The molecule has 1 amide bonds. The Labute approximate surface area is 119 Å². The third kappa shape index (κ3) is 2.46. The molecule has 3 rings (SSSR count). The van der Waals surface area contributed by atoms with Gasteiger partial charge in [0.2, 0.25) is 5.91 Å². The lowest BCUT2D eigenvalue weighted by atomic mass is 10.1. The summed E-state index contributed by atoms with van der Waals surface area (Å²) >= 11 is 3.39. The molecule has 1 aromatic carbocycles. The van der Waals surface area contributed by atoms with Crippen LogP contribution in [-0.4, -0.2) is 10.9 Å². The number of halogens is 1. The molecule has 2 N–H and O–H groups in total. The topological polar surface area (TPSA) is 54.0 Å². The predicted molar refractivity (Wildman–Crippen MR) is 78.7 cm³/mol. The smallest absolute Gasteiger partial charge is 0.228 e. The van der Waals surface area contributed by atoms with Crippen molar-refractivity contribution >= 4 is 39.0 Å². The van der Waals surface area contributed by atoms with Crippen molar-refractivity contribution in [3.8, 4) is 0 Å². The molecule has 1 aliphatic rings. The largest absolute Gasteiger partial charge is 0.340 e. The first kappa shape index (κ1) is 12.2. The molecule has 4 nitrogen and oxygen atoms in total. The summed E-state index contributed by atoms with van der Waals surface area (Å²) in [6.07, 6.45) is 2.20. The minimum Gasteiger partial charge on any atom is -0.340 e. The van der Waals surface area contributed by atoms with E-state index in [1.165, 1.54) is 0 Å². The number of fused-ring (bicyclic) bond motifs is 1. The summed E-state index contributed by atoms with van der Waals surface area (Å²) in [5.41, 5.74) is 3.91. The maximum absolute atomic E-state index is 11.3. The summed E-state index contributed by atoms with van der Waals surface area (Å²) in [5, 5.41) is 6.09. The van der Waals surface area contributed by atoms with Crippen LogP contribution in [0.25, 0.3) is 0 Å². The monoisotopic (exact) mass is 317 g/mol. The maximum atomic E-state index is 11.3. The number of aryl methyl sites for hydroxylation is 1. The zero-order valence-electron chi connectivity index (χ0n) is 10.3. The molecule has 1 aliphatic heterocycles. The summed E-state index contributed by atoms with van der Waals surface area (Å²) in [6, 6.07) is 7.84. The number of benzene rings is 1. The summed E-state index contributed by atoms with van der Waals surface area (Å²) in [4.78, 5) is 15.7. The van der Waals surface area contributed by atoms with Gasteiger partial charge in [0.1, 0.15) is 5.82 Å². The number of pyridine rings is 1. The molecule has 0 radical (unpaired) electrons. The molecule has 0 saturated heterocycles. The molecule has 0 saturated carbocycles. The van der Waals surface area contributed by atoms with Gasteiger partial charge in [-0.2, -0.15) is 0 Å². The normalized spacial score (nSPS) is 13.1. The van der Waals surface area contributed by atoms with E-state index in [1.807, 2.05) is 31.2 Å². The zero-order chi connectivity index (χ0) is 13.4. The Balaban J connectivity index is 1.88. The fourth-order valence-electron chi connectivity index (χ4n) is 2.12. The molecule has 0 fully saturated rings. The van der Waals surface area contributed by atoms with Crippen LogP contribution in [0.2, 0.25) is 0 Å². The maximum Gasteiger partial charge on any atom is 0.228 e. The molecule has 96 valence electrons. The number of carbonyl (C=O) groups excluding carboxylic acids is 1. The average molecular weight is 318 g/mol. The highest BCUT2D eigenvalue weighted by Gasteiger charge is 2.17. The highest BCUT2D eigenvalue weighted by molar-refractivity contribution is 9.10. The third-order valence-corrected chi connectivity index (χ3v) is 3.47. The fourth-order valence-corrected chi connectivity index (χ4v) is 2.56. The van der Waals surface area contributed by atoms with E-state index in [9.17, 15) is 4.79 Å². The van der Waals surface area contributed by atoms with Gasteiger partial charge in [0.25, 0.3) is 0 Å². The van der Waals surface area contributed by atoms with Gasteiger partial charge in [-0.3, -0.25) is 4.79 Å². The van der Waals surface area contributed by atoms with E-state index < -0.39 is 0 Å². The van der Waals surface area contributed by atoms with Gasteiger partial charge < -0.3 is 10.6 Å². The molecule has 0 unspecified atom stereocenters. The number of nitrogens with one attached hydrogen (secondary N) is 2. The Hall–Kier alpha value is -1.88. The second-order valence-electron chi connectivity index (χ2n) is 4.54. The number of carbonyl (C=O) groups is 1. The molecule has 19 heavy (non-hydrogen) atoms. The van der Waals surface area contributed by atoms with Gasteiger partial charge >= 0.3 is 0 Å². The van der Waals surface area contributed by atoms with Crippen LogP contribution in [0.15, 0.2) is 34.9 Å². The molecule has 1 aromatic heterocycles. The Morgan fingerprint density at radius 1 is 1.37 bits per heavy atom. The van der Waals surface area contributed by atoms with E-state index in [0.717, 1.165) is 32.8 Å². The third-order valence-electron chi connectivity index (χ3n) is 3.04. The summed E-state index contributed by atoms with van der Waals surface area (Å²) in [5.74, 6) is 0.866. The van der Waals surface area contributed by atoms with Crippen molar-refractivity contribution in [2.45, 2.75) is 13.3 Å². The number of anilines is 3. The number of nitrogens with zero attached hydrogens (tertiary/aromatic N) is 1. The van der Waals surface area contributed by atoms with Gasteiger partial charge in [-0.05, 0) is 58.2 Å². The first-order chi connectivity index (χ1) is 9.11. The number of amides is 1. The van der Waals surface area contributed by atoms with E-state index in [0.29, 0.717) is 6.42 Å². The number of hydrogen-bond acceptors (Lipinski definition) is 3. The van der Waals surface area contributed by atoms with Crippen LogP contribution in [-0.2, 0) is 11.2 Å².